The molecule has 1 nitrogen and oxygen atoms in total. The molecule has 0 fully saturated rings. The van der Waals surface area contributed by atoms with Crippen molar-refractivity contribution in [2.45, 2.75) is 6.04 Å². The minimum absolute atomic E-state index is 0.173. The summed E-state index contributed by atoms with van der Waals surface area (Å²) in [6, 6.07) is 11.5. The van der Waals surface area contributed by atoms with Gasteiger partial charge in [-0.05, 0) is 42.1 Å². The van der Waals surface area contributed by atoms with Crippen molar-refractivity contribution in [2.24, 2.45) is 0 Å². The molecule has 4 heteroatoms. The van der Waals surface area contributed by atoms with E-state index in [2.05, 4.69) is 28.9 Å². The van der Waals surface area contributed by atoms with E-state index < -0.39 is 0 Å². The topological polar surface area (TPSA) is 12.0 Å². The molecule has 0 radical (unpaired) electrons. The third-order valence-electron chi connectivity index (χ3n) is 2.90. The molecule has 0 amide bonds. The number of halogens is 1. The molecule has 18 heavy (non-hydrogen) atoms. The Morgan fingerprint density at radius 3 is 2.78 bits per heavy atom. The number of nitrogens with one attached hydrogen (secondary N) is 1. The van der Waals surface area contributed by atoms with Crippen LogP contribution in [0.25, 0.3) is 10.1 Å². The Labute approximate surface area is 113 Å². The Morgan fingerprint density at radius 2 is 2.06 bits per heavy atom. The SMILES string of the molecule is CNC(c1cccs1)c1cc2ccc(F)cc2s1. The second kappa shape index (κ2) is 4.80. The molecule has 0 saturated heterocycles. The summed E-state index contributed by atoms with van der Waals surface area (Å²) in [5.74, 6) is -0.173. The van der Waals surface area contributed by atoms with Crippen molar-refractivity contribution in [1.29, 1.82) is 0 Å². The molecule has 0 bridgehead atoms. The third-order valence-corrected chi connectivity index (χ3v) is 5.00. The molecule has 1 N–H and O–H groups in total. The van der Waals surface area contributed by atoms with E-state index in [1.54, 1.807) is 28.7 Å². The fourth-order valence-corrected chi connectivity index (χ4v) is 4.19. The number of rotatable bonds is 3. The van der Waals surface area contributed by atoms with Gasteiger partial charge in [-0.25, -0.2) is 4.39 Å². The van der Waals surface area contributed by atoms with Crippen molar-refractivity contribution >= 4 is 32.8 Å². The lowest BCUT2D eigenvalue weighted by molar-refractivity contribution is 0.630. The van der Waals surface area contributed by atoms with E-state index in [-0.39, 0.29) is 11.9 Å². The van der Waals surface area contributed by atoms with Crippen LogP contribution in [0.15, 0.2) is 41.8 Å². The average Bonchev–Trinajstić information content (AvgIpc) is 2.98. The van der Waals surface area contributed by atoms with Gasteiger partial charge in [0, 0.05) is 14.5 Å². The summed E-state index contributed by atoms with van der Waals surface area (Å²) in [6.07, 6.45) is 0. The van der Waals surface area contributed by atoms with Crippen LogP contribution < -0.4 is 5.32 Å². The van der Waals surface area contributed by atoms with Crippen molar-refractivity contribution in [2.75, 3.05) is 7.05 Å². The highest BCUT2D eigenvalue weighted by Gasteiger charge is 2.15. The normalized spacial score (nSPS) is 13.0. The second-order valence-electron chi connectivity index (χ2n) is 4.07. The maximum absolute atomic E-state index is 13.2. The van der Waals surface area contributed by atoms with E-state index in [4.69, 9.17) is 0 Å². The van der Waals surface area contributed by atoms with Crippen LogP contribution in [0.4, 0.5) is 4.39 Å². The lowest BCUT2D eigenvalue weighted by Crippen LogP contribution is -2.14. The molecule has 2 aromatic heterocycles. The summed E-state index contributed by atoms with van der Waals surface area (Å²) in [5.41, 5.74) is 0. The molecule has 0 saturated carbocycles. The summed E-state index contributed by atoms with van der Waals surface area (Å²) in [6.45, 7) is 0. The molecule has 1 unspecified atom stereocenters. The van der Waals surface area contributed by atoms with Gasteiger partial charge in [0.1, 0.15) is 5.82 Å². The third kappa shape index (κ3) is 2.07. The molecule has 2 heterocycles. The van der Waals surface area contributed by atoms with Gasteiger partial charge in [0.25, 0.3) is 0 Å². The van der Waals surface area contributed by atoms with E-state index in [9.17, 15) is 4.39 Å². The smallest absolute Gasteiger partial charge is 0.124 e. The molecular weight excluding hydrogens is 265 g/mol. The number of thiophene rings is 2. The van der Waals surface area contributed by atoms with Crippen molar-refractivity contribution in [3.8, 4) is 0 Å². The lowest BCUT2D eigenvalue weighted by atomic mass is 10.2. The maximum Gasteiger partial charge on any atom is 0.124 e. The fraction of sp³-hybridized carbons (Fsp3) is 0.143. The first-order chi connectivity index (χ1) is 8.78. The summed E-state index contributed by atoms with van der Waals surface area (Å²) in [4.78, 5) is 2.50. The molecule has 0 aliphatic heterocycles. The van der Waals surface area contributed by atoms with Gasteiger partial charge in [-0.2, -0.15) is 0 Å². The molecule has 0 spiro atoms. The fourth-order valence-electron chi connectivity index (χ4n) is 2.05. The Kier molecular flexibility index (Phi) is 3.16. The molecule has 92 valence electrons. The Balaban J connectivity index is 2.07. The summed E-state index contributed by atoms with van der Waals surface area (Å²) < 4.78 is 14.2. The predicted octanol–water partition coefficient (Wildman–Crippen LogP) is 4.41. The van der Waals surface area contributed by atoms with Crippen LogP contribution in [0, 0.1) is 5.82 Å². The van der Waals surface area contributed by atoms with Gasteiger partial charge in [0.15, 0.2) is 0 Å². The highest BCUT2D eigenvalue weighted by molar-refractivity contribution is 7.19. The number of benzene rings is 1. The average molecular weight is 277 g/mol. The van der Waals surface area contributed by atoms with Gasteiger partial charge < -0.3 is 5.32 Å². The van der Waals surface area contributed by atoms with Crippen molar-refractivity contribution in [3.63, 3.8) is 0 Å². The van der Waals surface area contributed by atoms with Gasteiger partial charge >= 0.3 is 0 Å². The molecule has 0 aliphatic rings. The summed E-state index contributed by atoms with van der Waals surface area (Å²) in [7, 11) is 1.95. The van der Waals surface area contributed by atoms with Crippen molar-refractivity contribution < 1.29 is 4.39 Å². The van der Waals surface area contributed by atoms with E-state index in [0.29, 0.717) is 0 Å². The minimum atomic E-state index is -0.173. The van der Waals surface area contributed by atoms with Crippen molar-refractivity contribution in [1.82, 2.24) is 5.32 Å². The Hall–Kier alpha value is -1.23. The quantitative estimate of drug-likeness (QED) is 0.747. The zero-order chi connectivity index (χ0) is 12.5. The predicted molar refractivity (Wildman–Crippen MR) is 77.0 cm³/mol. The van der Waals surface area contributed by atoms with Crippen LogP contribution in [-0.4, -0.2) is 7.05 Å². The molecule has 0 aliphatic carbocycles. The summed E-state index contributed by atoms with van der Waals surface area (Å²) in [5, 5.41) is 6.50. The maximum atomic E-state index is 13.2. The van der Waals surface area contributed by atoms with E-state index in [1.807, 2.05) is 13.1 Å². The highest BCUT2D eigenvalue weighted by Crippen LogP contribution is 2.34. The van der Waals surface area contributed by atoms with Gasteiger partial charge in [0.05, 0.1) is 6.04 Å². The largest absolute Gasteiger partial charge is 0.308 e. The highest BCUT2D eigenvalue weighted by atomic mass is 32.1. The van der Waals surface area contributed by atoms with Crippen molar-refractivity contribution in [3.05, 3.63) is 57.3 Å². The first kappa shape index (κ1) is 11.8. The first-order valence-corrected chi connectivity index (χ1v) is 7.37. The van der Waals surface area contributed by atoms with Crippen LogP contribution in [-0.2, 0) is 0 Å². The van der Waals surface area contributed by atoms with Gasteiger partial charge in [-0.15, -0.1) is 22.7 Å². The molecule has 1 atom stereocenters. The van der Waals surface area contributed by atoms with Gasteiger partial charge in [0.2, 0.25) is 0 Å². The zero-order valence-corrected chi connectivity index (χ0v) is 11.4. The van der Waals surface area contributed by atoms with Crippen LogP contribution in [0.5, 0.6) is 0 Å². The Bertz CT molecular complexity index is 658. The molecule has 3 aromatic rings. The van der Waals surface area contributed by atoms with Crippen LogP contribution in [0.1, 0.15) is 15.8 Å². The Morgan fingerprint density at radius 1 is 1.17 bits per heavy atom. The monoisotopic (exact) mass is 277 g/mol. The lowest BCUT2D eigenvalue weighted by Gasteiger charge is -2.11. The second-order valence-corrected chi connectivity index (χ2v) is 6.16. The zero-order valence-electron chi connectivity index (χ0n) is 9.81. The molecular formula is C14H12FNS2. The van der Waals surface area contributed by atoms with Gasteiger partial charge in [-0.1, -0.05) is 12.1 Å². The van der Waals surface area contributed by atoms with E-state index in [0.717, 1.165) is 10.1 Å². The number of hydrogen-bond donors (Lipinski definition) is 1. The number of fused-ring (bicyclic) bond motifs is 1. The van der Waals surface area contributed by atoms with Crippen LogP contribution in [0.2, 0.25) is 0 Å². The van der Waals surface area contributed by atoms with E-state index >= 15 is 0 Å². The van der Waals surface area contributed by atoms with Crippen LogP contribution in [0.3, 0.4) is 0 Å². The molecule has 1 aromatic carbocycles. The minimum Gasteiger partial charge on any atom is -0.308 e. The summed E-state index contributed by atoms with van der Waals surface area (Å²) >= 11 is 3.38. The first-order valence-electron chi connectivity index (χ1n) is 5.67. The van der Waals surface area contributed by atoms with Crippen LogP contribution >= 0.6 is 22.7 Å². The van der Waals surface area contributed by atoms with Gasteiger partial charge in [-0.3, -0.25) is 0 Å². The number of hydrogen-bond acceptors (Lipinski definition) is 3. The molecule has 3 rings (SSSR count). The van der Waals surface area contributed by atoms with E-state index in [1.165, 1.54) is 15.8 Å². The standard InChI is InChI=1S/C14H12FNS2/c1-16-14(11-3-2-6-17-11)13-7-9-4-5-10(15)8-12(9)18-13/h2-8,14,16H,1H3.